The van der Waals surface area contributed by atoms with Gasteiger partial charge in [-0.05, 0) is 37.0 Å². The molecule has 4 nitrogen and oxygen atoms in total. The standard InChI is InChI=1S/C17H25N3O/c1-11-9-12-13(10-19-11)14(18)5-6-15(12)20-16(7-8-21)17(2,3)4/h5-6,9-10,16,20-21H,7-8,18H2,1-4H3. The van der Waals surface area contributed by atoms with Crippen molar-refractivity contribution < 1.29 is 5.11 Å². The Morgan fingerprint density at radius 3 is 2.62 bits per heavy atom. The molecule has 0 aliphatic heterocycles. The van der Waals surface area contributed by atoms with Gasteiger partial charge in [-0.2, -0.15) is 0 Å². The van der Waals surface area contributed by atoms with Gasteiger partial charge in [0.05, 0.1) is 0 Å². The van der Waals surface area contributed by atoms with Crippen LogP contribution in [0.2, 0.25) is 0 Å². The highest BCUT2D eigenvalue weighted by Crippen LogP contribution is 2.32. The van der Waals surface area contributed by atoms with E-state index in [4.69, 9.17) is 5.73 Å². The van der Waals surface area contributed by atoms with Gasteiger partial charge >= 0.3 is 0 Å². The summed E-state index contributed by atoms with van der Waals surface area (Å²) < 4.78 is 0. The van der Waals surface area contributed by atoms with Gasteiger partial charge in [0, 0.05) is 46.7 Å². The Morgan fingerprint density at radius 1 is 1.29 bits per heavy atom. The number of aromatic nitrogens is 1. The topological polar surface area (TPSA) is 71.2 Å². The maximum absolute atomic E-state index is 9.31. The Bertz CT molecular complexity index is 632. The summed E-state index contributed by atoms with van der Waals surface area (Å²) in [5.41, 5.74) is 8.83. The van der Waals surface area contributed by atoms with Crippen molar-refractivity contribution in [3.05, 3.63) is 30.1 Å². The molecule has 0 bridgehead atoms. The molecule has 0 aliphatic carbocycles. The van der Waals surface area contributed by atoms with E-state index in [1.807, 2.05) is 31.3 Å². The fraction of sp³-hybridized carbons (Fsp3) is 0.471. The van der Waals surface area contributed by atoms with Crippen LogP contribution < -0.4 is 11.1 Å². The molecule has 0 aliphatic rings. The maximum Gasteiger partial charge on any atom is 0.0450 e. The quantitative estimate of drug-likeness (QED) is 0.754. The van der Waals surface area contributed by atoms with Crippen LogP contribution in [0, 0.1) is 12.3 Å². The van der Waals surface area contributed by atoms with E-state index in [1.165, 1.54) is 0 Å². The minimum absolute atomic E-state index is 0.0541. The number of nitrogens with zero attached hydrogens (tertiary/aromatic N) is 1. The molecule has 1 aromatic carbocycles. The molecule has 21 heavy (non-hydrogen) atoms. The SMILES string of the molecule is Cc1cc2c(NC(CCO)C(C)(C)C)ccc(N)c2cn1. The summed E-state index contributed by atoms with van der Waals surface area (Å²) in [6, 6.07) is 6.14. The smallest absolute Gasteiger partial charge is 0.0450 e. The number of anilines is 2. The molecule has 2 aromatic rings. The largest absolute Gasteiger partial charge is 0.398 e. The summed E-state index contributed by atoms with van der Waals surface area (Å²) in [4.78, 5) is 4.33. The number of aliphatic hydroxyl groups is 1. The number of nitrogens with one attached hydrogen (secondary N) is 1. The zero-order valence-electron chi connectivity index (χ0n) is 13.3. The third kappa shape index (κ3) is 3.45. The van der Waals surface area contributed by atoms with E-state index < -0.39 is 0 Å². The molecule has 1 unspecified atom stereocenters. The molecule has 114 valence electrons. The second-order valence-electron chi connectivity index (χ2n) is 6.65. The Morgan fingerprint density at radius 2 is 2.00 bits per heavy atom. The summed E-state index contributed by atoms with van der Waals surface area (Å²) in [5, 5.41) is 14.9. The van der Waals surface area contributed by atoms with E-state index in [0.29, 0.717) is 6.42 Å². The lowest BCUT2D eigenvalue weighted by Crippen LogP contribution is -2.34. The van der Waals surface area contributed by atoms with Crippen LogP contribution in [0.3, 0.4) is 0 Å². The first-order valence-corrected chi connectivity index (χ1v) is 7.35. The molecule has 1 aromatic heterocycles. The van der Waals surface area contributed by atoms with E-state index in [0.717, 1.165) is 27.8 Å². The van der Waals surface area contributed by atoms with E-state index in [-0.39, 0.29) is 18.1 Å². The van der Waals surface area contributed by atoms with E-state index in [1.54, 1.807) is 0 Å². The lowest BCUT2D eigenvalue weighted by Gasteiger charge is -2.32. The normalized spacial score (nSPS) is 13.4. The van der Waals surface area contributed by atoms with Crippen molar-refractivity contribution in [2.75, 3.05) is 17.7 Å². The van der Waals surface area contributed by atoms with Crippen LogP contribution >= 0.6 is 0 Å². The number of nitrogen functional groups attached to an aromatic ring is 1. The van der Waals surface area contributed by atoms with Crippen molar-refractivity contribution in [2.24, 2.45) is 5.41 Å². The Balaban J connectivity index is 2.46. The first-order valence-electron chi connectivity index (χ1n) is 7.35. The van der Waals surface area contributed by atoms with Crippen LogP contribution in [0.25, 0.3) is 10.8 Å². The molecule has 0 radical (unpaired) electrons. The summed E-state index contributed by atoms with van der Waals surface area (Å²) in [7, 11) is 0. The van der Waals surface area contributed by atoms with Crippen molar-refractivity contribution in [1.29, 1.82) is 0 Å². The van der Waals surface area contributed by atoms with Crippen LogP contribution in [-0.2, 0) is 0 Å². The number of nitrogens with two attached hydrogens (primary N) is 1. The molecule has 4 N–H and O–H groups in total. The van der Waals surface area contributed by atoms with Gasteiger partial charge < -0.3 is 16.2 Å². The Hall–Kier alpha value is -1.81. The third-order valence-electron chi connectivity index (χ3n) is 3.86. The van der Waals surface area contributed by atoms with Crippen LogP contribution in [0.1, 0.15) is 32.9 Å². The Labute approximate surface area is 126 Å². The van der Waals surface area contributed by atoms with Gasteiger partial charge in [0.1, 0.15) is 0 Å². The van der Waals surface area contributed by atoms with Gasteiger partial charge in [-0.1, -0.05) is 20.8 Å². The van der Waals surface area contributed by atoms with Gasteiger partial charge in [0.15, 0.2) is 0 Å². The van der Waals surface area contributed by atoms with Crippen LogP contribution in [0.4, 0.5) is 11.4 Å². The number of benzene rings is 1. The predicted octanol–water partition coefficient (Wildman–Crippen LogP) is 3.33. The average molecular weight is 287 g/mol. The van der Waals surface area contributed by atoms with Crippen molar-refractivity contribution in [3.63, 3.8) is 0 Å². The molecule has 0 spiro atoms. The molecule has 1 atom stereocenters. The highest BCUT2D eigenvalue weighted by atomic mass is 16.3. The lowest BCUT2D eigenvalue weighted by molar-refractivity contribution is 0.235. The van der Waals surface area contributed by atoms with Crippen LogP contribution in [0.15, 0.2) is 24.4 Å². The molecule has 0 saturated heterocycles. The summed E-state index contributed by atoms with van der Waals surface area (Å²) in [6.07, 6.45) is 2.53. The summed E-state index contributed by atoms with van der Waals surface area (Å²) in [6.45, 7) is 8.66. The molecule has 4 heteroatoms. The van der Waals surface area contributed by atoms with E-state index in [2.05, 4.69) is 31.1 Å². The lowest BCUT2D eigenvalue weighted by atomic mass is 9.84. The molecule has 0 fully saturated rings. The third-order valence-corrected chi connectivity index (χ3v) is 3.86. The number of rotatable bonds is 4. The molecule has 1 heterocycles. The van der Waals surface area contributed by atoms with E-state index >= 15 is 0 Å². The Kier molecular flexibility index (Phi) is 4.37. The van der Waals surface area contributed by atoms with Gasteiger partial charge in [-0.25, -0.2) is 0 Å². The fourth-order valence-electron chi connectivity index (χ4n) is 2.53. The second-order valence-corrected chi connectivity index (χ2v) is 6.65. The molecular weight excluding hydrogens is 262 g/mol. The van der Waals surface area contributed by atoms with Gasteiger partial charge in [0.2, 0.25) is 0 Å². The zero-order valence-corrected chi connectivity index (χ0v) is 13.3. The first kappa shape index (κ1) is 15.6. The minimum atomic E-state index is 0.0541. The highest BCUT2D eigenvalue weighted by molar-refractivity contribution is 6.00. The van der Waals surface area contributed by atoms with Crippen LogP contribution in [-0.4, -0.2) is 22.7 Å². The molecular formula is C17H25N3O. The number of aliphatic hydroxyl groups excluding tert-OH is 1. The number of fused-ring (bicyclic) bond motifs is 1. The predicted molar refractivity (Wildman–Crippen MR) is 89.5 cm³/mol. The monoisotopic (exact) mass is 287 g/mol. The van der Waals surface area contributed by atoms with Crippen LogP contribution in [0.5, 0.6) is 0 Å². The summed E-state index contributed by atoms with van der Waals surface area (Å²) in [5.74, 6) is 0. The molecule has 0 amide bonds. The number of pyridine rings is 1. The maximum atomic E-state index is 9.31. The van der Waals surface area contributed by atoms with Gasteiger partial charge in [-0.3, -0.25) is 4.98 Å². The number of hydrogen-bond acceptors (Lipinski definition) is 4. The van der Waals surface area contributed by atoms with Gasteiger partial charge in [-0.15, -0.1) is 0 Å². The van der Waals surface area contributed by atoms with Crippen molar-refractivity contribution in [2.45, 2.75) is 40.2 Å². The second kappa shape index (κ2) is 5.90. The molecule has 0 saturated carbocycles. The highest BCUT2D eigenvalue weighted by Gasteiger charge is 2.24. The summed E-state index contributed by atoms with van der Waals surface area (Å²) >= 11 is 0. The fourth-order valence-corrected chi connectivity index (χ4v) is 2.53. The van der Waals surface area contributed by atoms with E-state index in [9.17, 15) is 5.11 Å². The van der Waals surface area contributed by atoms with Crippen molar-refractivity contribution in [1.82, 2.24) is 4.98 Å². The zero-order chi connectivity index (χ0) is 15.6. The molecule has 2 rings (SSSR count). The average Bonchev–Trinajstić information content (AvgIpc) is 2.40. The minimum Gasteiger partial charge on any atom is -0.398 e. The number of hydrogen-bond donors (Lipinski definition) is 3. The number of aryl methyl sites for hydroxylation is 1. The first-order chi connectivity index (χ1) is 9.82. The van der Waals surface area contributed by atoms with Crippen molar-refractivity contribution >= 4 is 22.1 Å². The van der Waals surface area contributed by atoms with Gasteiger partial charge in [0.25, 0.3) is 0 Å². The van der Waals surface area contributed by atoms with Crippen molar-refractivity contribution in [3.8, 4) is 0 Å².